The molecule has 1 aromatic heterocycles. The number of carbonyl (C=O) groups is 1. The molecule has 6 heteroatoms. The predicted octanol–water partition coefficient (Wildman–Crippen LogP) is 2.47. The number of carbonyl (C=O) groups excluding carboxylic acids is 1. The van der Waals surface area contributed by atoms with Crippen LogP contribution in [0.2, 0.25) is 5.15 Å². The lowest BCUT2D eigenvalue weighted by Crippen LogP contribution is -2.27. The zero-order valence-electron chi connectivity index (χ0n) is 12.0. The van der Waals surface area contributed by atoms with E-state index in [0.29, 0.717) is 24.2 Å². The van der Waals surface area contributed by atoms with Crippen molar-refractivity contribution in [3.8, 4) is 0 Å². The Bertz CT molecular complexity index is 488. The van der Waals surface area contributed by atoms with E-state index in [-0.39, 0.29) is 5.91 Å². The van der Waals surface area contributed by atoms with Crippen molar-refractivity contribution >= 4 is 23.3 Å². The highest BCUT2D eigenvalue weighted by Gasteiger charge is 2.22. The molecule has 110 valence electrons. The van der Waals surface area contributed by atoms with Gasteiger partial charge in [0, 0.05) is 31.0 Å². The Hall–Kier alpha value is -1.36. The van der Waals surface area contributed by atoms with Crippen LogP contribution in [-0.2, 0) is 11.2 Å². The zero-order valence-corrected chi connectivity index (χ0v) is 12.8. The van der Waals surface area contributed by atoms with Crippen molar-refractivity contribution in [2.24, 2.45) is 0 Å². The molecule has 1 fully saturated rings. The number of amides is 1. The minimum Gasteiger partial charge on any atom is -0.369 e. The van der Waals surface area contributed by atoms with Crippen LogP contribution < -0.4 is 10.6 Å². The zero-order chi connectivity index (χ0) is 14.5. The molecular formula is C14H21ClN4O. The van der Waals surface area contributed by atoms with Crippen molar-refractivity contribution in [2.45, 2.75) is 52.0 Å². The second-order valence-electron chi connectivity index (χ2n) is 5.17. The lowest BCUT2D eigenvalue weighted by molar-refractivity contribution is -0.120. The Morgan fingerprint density at radius 1 is 1.40 bits per heavy atom. The molecule has 0 bridgehead atoms. The maximum atomic E-state index is 11.6. The van der Waals surface area contributed by atoms with Crippen LogP contribution in [0.3, 0.4) is 0 Å². The Balaban J connectivity index is 1.88. The summed E-state index contributed by atoms with van der Waals surface area (Å²) in [4.78, 5) is 20.3. The van der Waals surface area contributed by atoms with E-state index in [4.69, 9.17) is 11.6 Å². The summed E-state index contributed by atoms with van der Waals surface area (Å²) in [5.41, 5.74) is 0.828. The van der Waals surface area contributed by atoms with Crippen LogP contribution in [-0.4, -0.2) is 28.5 Å². The second-order valence-corrected chi connectivity index (χ2v) is 5.53. The third-order valence-electron chi connectivity index (χ3n) is 3.19. The third kappa shape index (κ3) is 4.34. The van der Waals surface area contributed by atoms with Crippen molar-refractivity contribution in [3.05, 3.63) is 16.5 Å². The van der Waals surface area contributed by atoms with E-state index in [2.05, 4.69) is 27.5 Å². The fourth-order valence-corrected chi connectivity index (χ4v) is 2.05. The van der Waals surface area contributed by atoms with Gasteiger partial charge in [-0.3, -0.25) is 4.79 Å². The van der Waals surface area contributed by atoms with Crippen LogP contribution in [0.5, 0.6) is 0 Å². The SMILES string of the molecule is CCCc1nc(Cl)c(C)c(NCCC(=O)NC2CC2)n1. The number of rotatable bonds is 7. The van der Waals surface area contributed by atoms with Gasteiger partial charge in [-0.05, 0) is 26.2 Å². The van der Waals surface area contributed by atoms with Gasteiger partial charge in [0.1, 0.15) is 16.8 Å². The Kier molecular flexibility index (Phi) is 5.17. The molecule has 20 heavy (non-hydrogen) atoms. The van der Waals surface area contributed by atoms with Crippen LogP contribution in [0.15, 0.2) is 0 Å². The molecule has 0 atom stereocenters. The Morgan fingerprint density at radius 2 is 2.15 bits per heavy atom. The molecule has 0 aromatic carbocycles. The summed E-state index contributed by atoms with van der Waals surface area (Å²) in [6, 6.07) is 0.411. The molecule has 1 heterocycles. The molecule has 1 aromatic rings. The first-order chi connectivity index (χ1) is 9.60. The van der Waals surface area contributed by atoms with E-state index in [9.17, 15) is 4.79 Å². The molecule has 1 aliphatic carbocycles. The molecule has 2 N–H and O–H groups in total. The third-order valence-corrected chi connectivity index (χ3v) is 3.56. The summed E-state index contributed by atoms with van der Waals surface area (Å²) in [5, 5.41) is 6.62. The highest BCUT2D eigenvalue weighted by atomic mass is 35.5. The molecule has 0 spiro atoms. The van der Waals surface area contributed by atoms with Crippen LogP contribution in [0.1, 0.15) is 44.0 Å². The smallest absolute Gasteiger partial charge is 0.221 e. The summed E-state index contributed by atoms with van der Waals surface area (Å²) in [6.45, 7) is 4.51. The fraction of sp³-hybridized carbons (Fsp3) is 0.643. The molecule has 2 rings (SSSR count). The van der Waals surface area contributed by atoms with Crippen LogP contribution >= 0.6 is 11.6 Å². The molecule has 1 saturated carbocycles. The standard InChI is InChI=1S/C14H21ClN4O/c1-3-4-11-18-13(15)9(2)14(19-11)16-8-7-12(20)17-10-5-6-10/h10H,3-8H2,1-2H3,(H,17,20)(H,16,18,19). The van der Waals surface area contributed by atoms with Crippen molar-refractivity contribution in [1.82, 2.24) is 15.3 Å². The van der Waals surface area contributed by atoms with E-state index < -0.39 is 0 Å². The molecule has 0 aliphatic heterocycles. The van der Waals surface area contributed by atoms with Gasteiger partial charge in [-0.15, -0.1) is 0 Å². The van der Waals surface area contributed by atoms with E-state index in [1.165, 1.54) is 0 Å². The van der Waals surface area contributed by atoms with E-state index >= 15 is 0 Å². The van der Waals surface area contributed by atoms with Crippen LogP contribution in [0.25, 0.3) is 0 Å². The van der Waals surface area contributed by atoms with Crippen LogP contribution in [0, 0.1) is 6.92 Å². The van der Waals surface area contributed by atoms with Crippen molar-refractivity contribution in [1.29, 1.82) is 0 Å². The molecule has 1 amide bonds. The predicted molar refractivity (Wildman–Crippen MR) is 80.0 cm³/mol. The average molecular weight is 297 g/mol. The summed E-state index contributed by atoms with van der Waals surface area (Å²) in [7, 11) is 0. The molecule has 0 unspecified atom stereocenters. The number of nitrogens with one attached hydrogen (secondary N) is 2. The van der Waals surface area contributed by atoms with Crippen LogP contribution in [0.4, 0.5) is 5.82 Å². The fourth-order valence-electron chi connectivity index (χ4n) is 1.86. The lowest BCUT2D eigenvalue weighted by atomic mass is 10.3. The first-order valence-corrected chi connectivity index (χ1v) is 7.54. The van der Waals surface area contributed by atoms with Gasteiger partial charge < -0.3 is 10.6 Å². The number of nitrogens with zero attached hydrogens (tertiary/aromatic N) is 2. The first kappa shape index (κ1) is 15.0. The highest BCUT2D eigenvalue weighted by molar-refractivity contribution is 6.30. The summed E-state index contributed by atoms with van der Waals surface area (Å²) >= 11 is 6.10. The largest absolute Gasteiger partial charge is 0.369 e. The maximum Gasteiger partial charge on any atom is 0.221 e. The van der Waals surface area contributed by atoms with Gasteiger partial charge in [0.15, 0.2) is 0 Å². The lowest BCUT2D eigenvalue weighted by Gasteiger charge is -2.11. The minimum atomic E-state index is 0.0894. The summed E-state index contributed by atoms with van der Waals surface area (Å²) in [6.07, 6.45) is 4.44. The van der Waals surface area contributed by atoms with Gasteiger partial charge in [-0.25, -0.2) is 9.97 Å². The Morgan fingerprint density at radius 3 is 2.80 bits per heavy atom. The van der Waals surface area contributed by atoms with Gasteiger partial charge in [0.25, 0.3) is 0 Å². The quantitative estimate of drug-likeness (QED) is 0.759. The molecule has 5 nitrogen and oxygen atoms in total. The first-order valence-electron chi connectivity index (χ1n) is 7.16. The van der Waals surface area contributed by atoms with Gasteiger partial charge in [0.05, 0.1) is 0 Å². The number of aromatic nitrogens is 2. The highest BCUT2D eigenvalue weighted by Crippen LogP contribution is 2.21. The molecular weight excluding hydrogens is 276 g/mol. The average Bonchev–Trinajstić information content (AvgIpc) is 3.19. The maximum absolute atomic E-state index is 11.6. The summed E-state index contributed by atoms with van der Waals surface area (Å²) in [5.74, 6) is 1.56. The van der Waals surface area contributed by atoms with Gasteiger partial charge in [-0.2, -0.15) is 0 Å². The van der Waals surface area contributed by atoms with E-state index in [1.54, 1.807) is 0 Å². The second kappa shape index (κ2) is 6.88. The Labute approximate surface area is 124 Å². The number of hydrogen-bond acceptors (Lipinski definition) is 4. The monoisotopic (exact) mass is 296 g/mol. The van der Waals surface area contributed by atoms with E-state index in [1.807, 2.05) is 6.92 Å². The molecule has 1 aliphatic rings. The number of halogens is 1. The van der Waals surface area contributed by atoms with Gasteiger partial charge in [-0.1, -0.05) is 18.5 Å². The van der Waals surface area contributed by atoms with Crippen molar-refractivity contribution < 1.29 is 4.79 Å². The van der Waals surface area contributed by atoms with Gasteiger partial charge in [0.2, 0.25) is 5.91 Å². The topological polar surface area (TPSA) is 66.9 Å². The number of hydrogen-bond donors (Lipinski definition) is 2. The molecule has 0 radical (unpaired) electrons. The number of aryl methyl sites for hydroxylation is 1. The van der Waals surface area contributed by atoms with Gasteiger partial charge >= 0.3 is 0 Å². The van der Waals surface area contributed by atoms with Crippen molar-refractivity contribution in [2.75, 3.05) is 11.9 Å². The van der Waals surface area contributed by atoms with Crippen molar-refractivity contribution in [3.63, 3.8) is 0 Å². The summed E-state index contributed by atoms with van der Waals surface area (Å²) < 4.78 is 0. The minimum absolute atomic E-state index is 0.0894. The normalized spacial score (nSPS) is 14.2. The van der Waals surface area contributed by atoms with E-state index in [0.717, 1.165) is 42.9 Å². The molecule has 0 saturated heterocycles. The number of anilines is 1.